The summed E-state index contributed by atoms with van der Waals surface area (Å²) in [5.41, 5.74) is 20.3. The Kier molecular flexibility index (Phi) is 9.44. The molecule has 2 aliphatic carbocycles. The minimum atomic E-state index is 0.0509. The number of rotatable bonds is 7. The van der Waals surface area contributed by atoms with Crippen LogP contribution in [0.1, 0.15) is 48.8 Å². The quantitative estimate of drug-likeness (QED) is 0.161. The lowest BCUT2D eigenvalue weighted by atomic mass is 9.67. The van der Waals surface area contributed by atoms with Crippen LogP contribution in [0.2, 0.25) is 0 Å². The molecule has 4 heteroatoms. The monoisotopic (exact) mass is 794 g/mol. The van der Waals surface area contributed by atoms with Crippen molar-refractivity contribution in [1.29, 1.82) is 5.26 Å². The van der Waals surface area contributed by atoms with Gasteiger partial charge in [0.15, 0.2) is 5.82 Å². The largest absolute Gasteiger partial charge is 0.264 e. The van der Waals surface area contributed by atoms with Crippen molar-refractivity contribution in [3.05, 3.63) is 211 Å². The van der Waals surface area contributed by atoms with Gasteiger partial charge < -0.3 is 0 Å². The summed E-state index contributed by atoms with van der Waals surface area (Å²) in [5.74, 6) is 0.698. The van der Waals surface area contributed by atoms with Gasteiger partial charge >= 0.3 is 0 Å². The van der Waals surface area contributed by atoms with Gasteiger partial charge in [-0.3, -0.25) is 4.98 Å². The van der Waals surface area contributed by atoms with Crippen molar-refractivity contribution in [3.8, 4) is 95.6 Å². The average molecular weight is 795 g/mol. The summed E-state index contributed by atoms with van der Waals surface area (Å²) >= 11 is 0. The molecule has 0 saturated heterocycles. The molecular weight excluding hydrogens is 753 g/mol. The van der Waals surface area contributed by atoms with Crippen LogP contribution in [-0.4, -0.2) is 15.0 Å². The Labute approximate surface area is 362 Å². The second kappa shape index (κ2) is 15.7. The summed E-state index contributed by atoms with van der Waals surface area (Å²) in [6, 6.07) is 67.0. The highest BCUT2D eigenvalue weighted by atomic mass is 14.9. The molecule has 9 aromatic rings. The SMILES string of the molecule is N#Cc1ccc2c(c1)-c1ccc(-c3ccc(-c4ccc(-c5ccc(-c6cc(-c7ccc(-c8cccnc8)cc7)nc(-c7ccccc7)n6)cc5)cc4)cc3)cc1C21CCCCC1. The summed E-state index contributed by atoms with van der Waals surface area (Å²) in [5, 5.41) is 9.67. The lowest BCUT2D eigenvalue weighted by Gasteiger charge is -2.36. The van der Waals surface area contributed by atoms with E-state index >= 15 is 0 Å². The van der Waals surface area contributed by atoms with E-state index in [1.165, 1.54) is 76.6 Å². The maximum Gasteiger partial charge on any atom is 0.160 e. The molecule has 4 nitrogen and oxygen atoms in total. The van der Waals surface area contributed by atoms with E-state index in [1.807, 2.05) is 36.5 Å². The first kappa shape index (κ1) is 37.3. The predicted octanol–water partition coefficient (Wildman–Crippen LogP) is 14.6. The Morgan fingerprint density at radius 3 is 1.47 bits per heavy atom. The average Bonchev–Trinajstić information content (AvgIpc) is 3.61. The van der Waals surface area contributed by atoms with E-state index in [1.54, 1.807) is 6.20 Å². The first-order valence-corrected chi connectivity index (χ1v) is 21.6. The van der Waals surface area contributed by atoms with Crippen LogP contribution in [0, 0.1) is 11.3 Å². The van der Waals surface area contributed by atoms with E-state index in [4.69, 9.17) is 9.97 Å². The van der Waals surface area contributed by atoms with Gasteiger partial charge in [0.25, 0.3) is 0 Å². The topological polar surface area (TPSA) is 62.5 Å². The first-order chi connectivity index (χ1) is 30.6. The predicted molar refractivity (Wildman–Crippen MR) is 252 cm³/mol. The van der Waals surface area contributed by atoms with E-state index < -0.39 is 0 Å². The summed E-state index contributed by atoms with van der Waals surface area (Å²) < 4.78 is 0. The van der Waals surface area contributed by atoms with Gasteiger partial charge in [0, 0.05) is 34.5 Å². The van der Waals surface area contributed by atoms with Crippen LogP contribution < -0.4 is 0 Å². The van der Waals surface area contributed by atoms with Gasteiger partial charge in [-0.15, -0.1) is 0 Å². The van der Waals surface area contributed by atoms with Gasteiger partial charge in [0.1, 0.15) is 0 Å². The molecule has 11 rings (SSSR count). The number of hydrogen-bond acceptors (Lipinski definition) is 4. The summed E-state index contributed by atoms with van der Waals surface area (Å²) in [6.45, 7) is 0. The zero-order valence-electron chi connectivity index (χ0n) is 34.3. The molecule has 1 spiro atoms. The van der Waals surface area contributed by atoms with E-state index in [0.717, 1.165) is 55.9 Å². The Balaban J connectivity index is 0.837. The molecule has 7 aromatic carbocycles. The lowest BCUT2D eigenvalue weighted by molar-refractivity contribution is 0.353. The van der Waals surface area contributed by atoms with E-state index in [9.17, 15) is 5.26 Å². The van der Waals surface area contributed by atoms with Crippen LogP contribution in [0.25, 0.3) is 89.5 Å². The van der Waals surface area contributed by atoms with Crippen LogP contribution in [0.15, 0.2) is 194 Å². The van der Waals surface area contributed by atoms with E-state index in [2.05, 4.69) is 163 Å². The summed E-state index contributed by atoms with van der Waals surface area (Å²) in [4.78, 5) is 14.4. The maximum absolute atomic E-state index is 9.67. The highest BCUT2D eigenvalue weighted by Gasteiger charge is 2.43. The lowest BCUT2D eigenvalue weighted by Crippen LogP contribution is -2.28. The van der Waals surface area contributed by atoms with Crippen LogP contribution in [-0.2, 0) is 5.41 Å². The molecule has 2 aromatic heterocycles. The van der Waals surface area contributed by atoms with Crippen LogP contribution >= 0.6 is 0 Å². The van der Waals surface area contributed by atoms with Crippen molar-refractivity contribution in [1.82, 2.24) is 15.0 Å². The number of nitriles is 1. The van der Waals surface area contributed by atoms with Crippen molar-refractivity contribution in [2.45, 2.75) is 37.5 Å². The van der Waals surface area contributed by atoms with Gasteiger partial charge in [0.05, 0.1) is 23.0 Å². The highest BCUT2D eigenvalue weighted by molar-refractivity contribution is 5.85. The van der Waals surface area contributed by atoms with Gasteiger partial charge in [-0.2, -0.15) is 5.26 Å². The van der Waals surface area contributed by atoms with Crippen molar-refractivity contribution < 1.29 is 0 Å². The molecule has 294 valence electrons. The van der Waals surface area contributed by atoms with Gasteiger partial charge in [-0.05, 0) is 110 Å². The minimum Gasteiger partial charge on any atom is -0.264 e. The second-order valence-electron chi connectivity index (χ2n) is 16.7. The second-order valence-corrected chi connectivity index (χ2v) is 16.7. The molecular formula is C58H42N4. The number of nitrogens with zero attached hydrogens (tertiary/aromatic N) is 4. The molecule has 0 bridgehead atoms. The maximum atomic E-state index is 9.67. The van der Waals surface area contributed by atoms with Gasteiger partial charge in [0.2, 0.25) is 0 Å². The zero-order valence-corrected chi connectivity index (χ0v) is 34.3. The Morgan fingerprint density at radius 2 is 0.919 bits per heavy atom. The van der Waals surface area contributed by atoms with Crippen molar-refractivity contribution in [2.75, 3.05) is 0 Å². The van der Waals surface area contributed by atoms with Crippen LogP contribution in [0.3, 0.4) is 0 Å². The molecule has 62 heavy (non-hydrogen) atoms. The third-order valence-electron chi connectivity index (χ3n) is 13.1. The number of aromatic nitrogens is 3. The van der Waals surface area contributed by atoms with Crippen LogP contribution in [0.4, 0.5) is 0 Å². The third-order valence-corrected chi connectivity index (χ3v) is 13.1. The first-order valence-electron chi connectivity index (χ1n) is 21.6. The standard InChI is InChI=1S/C58H42N4/c59-37-39-11-30-53-52(34-39)51-29-28-49(35-54(51)58(53)31-5-2-6-32-58)44-18-16-42(17-19-44)40-12-14-41(15-13-40)43-20-24-46(25-21-43)55-36-56(62-57(61-55)48-8-3-1-4-9-48)47-26-22-45(23-27-47)50-10-7-33-60-38-50/h1,3-4,7-30,33-36,38H,2,5-6,31-32H2. The molecule has 2 heterocycles. The smallest absolute Gasteiger partial charge is 0.160 e. The Morgan fingerprint density at radius 1 is 0.403 bits per heavy atom. The zero-order chi connectivity index (χ0) is 41.5. The minimum absolute atomic E-state index is 0.0509. The fourth-order valence-electron chi connectivity index (χ4n) is 9.82. The Bertz CT molecular complexity index is 3110. The molecule has 0 N–H and O–H groups in total. The summed E-state index contributed by atoms with van der Waals surface area (Å²) in [7, 11) is 0. The van der Waals surface area contributed by atoms with Crippen molar-refractivity contribution in [2.24, 2.45) is 0 Å². The fourth-order valence-corrected chi connectivity index (χ4v) is 9.82. The van der Waals surface area contributed by atoms with E-state index in [-0.39, 0.29) is 5.41 Å². The van der Waals surface area contributed by atoms with Crippen molar-refractivity contribution in [3.63, 3.8) is 0 Å². The number of pyridine rings is 1. The fraction of sp³-hybridized carbons (Fsp3) is 0.103. The van der Waals surface area contributed by atoms with Gasteiger partial charge in [-0.1, -0.05) is 171 Å². The molecule has 0 unspecified atom stereocenters. The molecule has 0 atom stereocenters. The molecule has 2 aliphatic rings. The normalized spacial score (nSPS) is 13.6. The Hall–Kier alpha value is -7.74. The molecule has 1 saturated carbocycles. The van der Waals surface area contributed by atoms with Crippen molar-refractivity contribution >= 4 is 0 Å². The number of hydrogen-bond donors (Lipinski definition) is 0. The van der Waals surface area contributed by atoms with E-state index in [0.29, 0.717) is 5.82 Å². The molecule has 0 aliphatic heterocycles. The third kappa shape index (κ3) is 6.79. The number of fused-ring (bicyclic) bond motifs is 5. The van der Waals surface area contributed by atoms with Gasteiger partial charge in [-0.25, -0.2) is 9.97 Å². The summed E-state index contributed by atoms with van der Waals surface area (Å²) in [6.07, 6.45) is 9.80. The highest BCUT2D eigenvalue weighted by Crippen LogP contribution is 2.56. The molecule has 1 fully saturated rings. The molecule has 0 radical (unpaired) electrons. The molecule has 0 amide bonds. The number of benzene rings is 7. The van der Waals surface area contributed by atoms with Crippen LogP contribution in [0.5, 0.6) is 0 Å².